The highest BCUT2D eigenvalue weighted by Gasteiger charge is 2.31. The molecule has 1 aromatic heterocycles. The van der Waals surface area contributed by atoms with E-state index in [4.69, 9.17) is 5.11 Å². The molecule has 1 aromatic rings. The van der Waals surface area contributed by atoms with Crippen molar-refractivity contribution in [2.24, 2.45) is 0 Å². The smallest absolute Gasteiger partial charge is 0.378 e. The Kier molecular flexibility index (Phi) is 3.11. The molecule has 8 heteroatoms. The number of aryl methyl sites for hydroxylation is 1. The molecule has 0 aliphatic carbocycles. The minimum Gasteiger partial charge on any atom is -0.477 e. The zero-order valence-electron chi connectivity index (χ0n) is 7.98. The lowest BCUT2D eigenvalue weighted by atomic mass is 10.0. The number of pyridine rings is 1. The van der Waals surface area contributed by atoms with Crippen LogP contribution < -0.4 is 0 Å². The van der Waals surface area contributed by atoms with E-state index in [-0.39, 0.29) is 5.56 Å². The number of carboxylic acid groups (broad SMARTS) is 1. The van der Waals surface area contributed by atoms with Gasteiger partial charge in [-0.15, -0.1) is 0 Å². The first-order chi connectivity index (χ1) is 7.36. The van der Waals surface area contributed by atoms with Gasteiger partial charge in [0.1, 0.15) is 6.20 Å². The molecular formula is C8H6F2N2O4. The number of carboxylic acids is 1. The van der Waals surface area contributed by atoms with Crippen LogP contribution in [0.25, 0.3) is 0 Å². The van der Waals surface area contributed by atoms with E-state index in [0.717, 1.165) is 6.20 Å². The van der Waals surface area contributed by atoms with Crippen molar-refractivity contribution >= 4 is 11.8 Å². The third-order valence-corrected chi connectivity index (χ3v) is 1.90. The van der Waals surface area contributed by atoms with Gasteiger partial charge in [-0.1, -0.05) is 0 Å². The Bertz CT molecular complexity index is 462. The Morgan fingerprint density at radius 1 is 1.62 bits per heavy atom. The summed E-state index contributed by atoms with van der Waals surface area (Å²) in [6, 6.07) is 0. The molecule has 6 nitrogen and oxygen atoms in total. The van der Waals surface area contributed by atoms with Crippen molar-refractivity contribution in [1.82, 2.24) is 4.98 Å². The highest BCUT2D eigenvalue weighted by Crippen LogP contribution is 2.30. The molecular weight excluding hydrogens is 226 g/mol. The van der Waals surface area contributed by atoms with E-state index in [0.29, 0.717) is 0 Å². The molecule has 0 spiro atoms. The number of halogens is 2. The zero-order valence-corrected chi connectivity index (χ0v) is 7.98. The van der Waals surface area contributed by atoms with E-state index >= 15 is 0 Å². The second-order valence-electron chi connectivity index (χ2n) is 2.92. The lowest BCUT2D eigenvalue weighted by Gasteiger charge is -2.07. The molecule has 0 saturated carbocycles. The van der Waals surface area contributed by atoms with Crippen LogP contribution in [0.15, 0.2) is 6.20 Å². The van der Waals surface area contributed by atoms with Crippen molar-refractivity contribution in [3.8, 4) is 0 Å². The minimum absolute atomic E-state index is 0.0991. The van der Waals surface area contributed by atoms with E-state index in [1.165, 1.54) is 6.92 Å². The van der Waals surface area contributed by atoms with E-state index in [2.05, 4.69) is 4.98 Å². The second kappa shape index (κ2) is 4.17. The van der Waals surface area contributed by atoms with Crippen LogP contribution in [0.1, 0.15) is 27.9 Å². The molecule has 0 fully saturated rings. The summed E-state index contributed by atoms with van der Waals surface area (Å²) >= 11 is 0. The molecule has 0 aliphatic heterocycles. The van der Waals surface area contributed by atoms with Gasteiger partial charge in [-0.3, -0.25) is 0 Å². The number of nitro groups is 1. The predicted molar refractivity (Wildman–Crippen MR) is 47.5 cm³/mol. The molecule has 0 bridgehead atoms. The standard InChI is InChI=1S/C8H6F2N2O4/c1-3-2-11-7(12(15)16)5(8(13)14)4(3)6(9)10/h2,6H,1H3,(H,13,14). The average Bonchev–Trinajstić information content (AvgIpc) is 2.15. The van der Waals surface area contributed by atoms with Gasteiger partial charge in [-0.05, 0) is 16.8 Å². The normalized spacial score (nSPS) is 10.5. The maximum atomic E-state index is 12.6. The van der Waals surface area contributed by atoms with Gasteiger partial charge in [0.25, 0.3) is 6.43 Å². The second-order valence-corrected chi connectivity index (χ2v) is 2.92. The number of carbonyl (C=O) groups is 1. The van der Waals surface area contributed by atoms with Gasteiger partial charge in [-0.2, -0.15) is 0 Å². The van der Waals surface area contributed by atoms with E-state index in [1.807, 2.05) is 0 Å². The number of rotatable bonds is 3. The maximum Gasteiger partial charge on any atom is 0.378 e. The number of aromatic carboxylic acids is 1. The van der Waals surface area contributed by atoms with Gasteiger partial charge in [0.15, 0.2) is 5.56 Å². The average molecular weight is 232 g/mol. The Balaban J connectivity index is 3.63. The van der Waals surface area contributed by atoms with E-state index in [1.54, 1.807) is 0 Å². The fourth-order valence-electron chi connectivity index (χ4n) is 1.24. The molecule has 0 aromatic carbocycles. The number of hydrogen-bond acceptors (Lipinski definition) is 4. The van der Waals surface area contributed by atoms with Gasteiger partial charge in [0, 0.05) is 11.1 Å². The first-order valence-electron chi connectivity index (χ1n) is 4.01. The molecule has 86 valence electrons. The highest BCUT2D eigenvalue weighted by molar-refractivity contribution is 5.93. The number of hydrogen-bond donors (Lipinski definition) is 1. The summed E-state index contributed by atoms with van der Waals surface area (Å²) in [6.07, 6.45) is -2.25. The molecule has 0 amide bonds. The fourth-order valence-corrected chi connectivity index (χ4v) is 1.24. The molecule has 0 saturated heterocycles. The quantitative estimate of drug-likeness (QED) is 0.634. The largest absolute Gasteiger partial charge is 0.477 e. The third-order valence-electron chi connectivity index (χ3n) is 1.90. The van der Waals surface area contributed by atoms with Gasteiger partial charge in [-0.25, -0.2) is 13.6 Å². The summed E-state index contributed by atoms with van der Waals surface area (Å²) in [5.41, 5.74) is -2.02. The third kappa shape index (κ3) is 1.95. The Morgan fingerprint density at radius 3 is 2.56 bits per heavy atom. The molecule has 0 aliphatic rings. The fraction of sp³-hybridized carbons (Fsp3) is 0.250. The van der Waals surface area contributed by atoms with Crippen LogP contribution in [0.2, 0.25) is 0 Å². The summed E-state index contributed by atoms with van der Waals surface area (Å²) in [6.45, 7) is 1.21. The summed E-state index contributed by atoms with van der Waals surface area (Å²) in [7, 11) is 0. The maximum absolute atomic E-state index is 12.6. The zero-order chi connectivity index (χ0) is 12.5. The topological polar surface area (TPSA) is 93.3 Å². The lowest BCUT2D eigenvalue weighted by molar-refractivity contribution is -0.390. The van der Waals surface area contributed by atoms with E-state index in [9.17, 15) is 23.7 Å². The first-order valence-corrected chi connectivity index (χ1v) is 4.01. The summed E-state index contributed by atoms with van der Waals surface area (Å²) in [5.74, 6) is -2.87. The van der Waals surface area contributed by atoms with Crippen molar-refractivity contribution < 1.29 is 23.6 Å². The summed E-state index contributed by atoms with van der Waals surface area (Å²) in [4.78, 5) is 23.3. The Morgan fingerprint density at radius 2 is 2.19 bits per heavy atom. The van der Waals surface area contributed by atoms with Crippen LogP contribution in [0, 0.1) is 17.0 Å². The SMILES string of the molecule is Cc1cnc([N+](=O)[O-])c(C(=O)O)c1C(F)F. The highest BCUT2D eigenvalue weighted by atomic mass is 19.3. The molecule has 1 rings (SSSR count). The molecule has 16 heavy (non-hydrogen) atoms. The molecule has 0 unspecified atom stereocenters. The Hall–Kier alpha value is -2.12. The van der Waals surface area contributed by atoms with Crippen molar-refractivity contribution in [3.05, 3.63) is 33.0 Å². The Labute approximate surface area is 87.7 Å². The van der Waals surface area contributed by atoms with Crippen molar-refractivity contribution in [1.29, 1.82) is 0 Å². The first kappa shape index (κ1) is 12.0. The summed E-state index contributed by atoms with van der Waals surface area (Å²) < 4.78 is 25.2. The summed E-state index contributed by atoms with van der Waals surface area (Å²) in [5, 5.41) is 19.1. The van der Waals surface area contributed by atoms with Gasteiger partial charge >= 0.3 is 11.8 Å². The number of nitrogens with zero attached hydrogens (tertiary/aromatic N) is 2. The molecule has 1 N–H and O–H groups in total. The molecule has 1 heterocycles. The molecule has 0 radical (unpaired) electrons. The van der Waals surface area contributed by atoms with Crippen LogP contribution in [0.5, 0.6) is 0 Å². The minimum atomic E-state index is -3.10. The number of aromatic nitrogens is 1. The van der Waals surface area contributed by atoms with Gasteiger partial charge < -0.3 is 15.2 Å². The van der Waals surface area contributed by atoms with Crippen LogP contribution in [0.3, 0.4) is 0 Å². The van der Waals surface area contributed by atoms with Gasteiger partial charge in [0.05, 0.1) is 0 Å². The lowest BCUT2D eigenvalue weighted by Crippen LogP contribution is -2.11. The van der Waals surface area contributed by atoms with Crippen LogP contribution in [-0.4, -0.2) is 21.0 Å². The monoisotopic (exact) mass is 232 g/mol. The molecule has 0 atom stereocenters. The predicted octanol–water partition coefficient (Wildman–Crippen LogP) is 1.93. The van der Waals surface area contributed by atoms with Crippen molar-refractivity contribution in [2.45, 2.75) is 13.3 Å². The van der Waals surface area contributed by atoms with Gasteiger partial charge in [0.2, 0.25) is 0 Å². The van der Waals surface area contributed by atoms with Crippen LogP contribution in [0.4, 0.5) is 14.6 Å². The van der Waals surface area contributed by atoms with Crippen LogP contribution >= 0.6 is 0 Å². The van der Waals surface area contributed by atoms with E-state index < -0.39 is 34.3 Å². The van der Waals surface area contributed by atoms with Crippen molar-refractivity contribution in [3.63, 3.8) is 0 Å². The number of alkyl halides is 2. The van der Waals surface area contributed by atoms with Crippen molar-refractivity contribution in [2.75, 3.05) is 0 Å². The van der Waals surface area contributed by atoms with Crippen LogP contribution in [-0.2, 0) is 0 Å².